The van der Waals surface area contributed by atoms with Gasteiger partial charge in [-0.25, -0.2) is 0 Å². The first-order chi connectivity index (χ1) is 6.63. The van der Waals surface area contributed by atoms with Crippen molar-refractivity contribution in [1.82, 2.24) is 0 Å². The van der Waals surface area contributed by atoms with Gasteiger partial charge in [0, 0.05) is 17.3 Å². The summed E-state index contributed by atoms with van der Waals surface area (Å²) in [4.78, 5) is 10.9. The molecule has 3 N–H and O–H groups in total. The third-order valence-electron chi connectivity index (χ3n) is 1.89. The third-order valence-corrected chi connectivity index (χ3v) is 1.89. The van der Waals surface area contributed by atoms with Crippen molar-refractivity contribution in [3.8, 4) is 0 Å². The lowest BCUT2D eigenvalue weighted by Gasteiger charge is -2.10. The fourth-order valence-corrected chi connectivity index (χ4v) is 1.08. The van der Waals surface area contributed by atoms with Crippen LogP contribution >= 0.6 is 0 Å². The van der Waals surface area contributed by atoms with E-state index in [0.29, 0.717) is 5.56 Å². The monoisotopic (exact) mass is 190 g/mol. The number of carbonyl (C=O) groups excluding carboxylic acids is 1. The second kappa shape index (κ2) is 4.46. The van der Waals surface area contributed by atoms with Crippen LogP contribution in [0.1, 0.15) is 17.3 Å². The lowest BCUT2D eigenvalue weighted by molar-refractivity contribution is 0.100. The summed E-state index contributed by atoms with van der Waals surface area (Å²) in [7, 11) is 0. The summed E-state index contributed by atoms with van der Waals surface area (Å²) in [5.41, 5.74) is 6.53. The first kappa shape index (κ1) is 10.3. The maximum absolute atomic E-state index is 10.9. The van der Waals surface area contributed by atoms with E-state index in [4.69, 9.17) is 5.73 Å². The van der Waals surface area contributed by atoms with Gasteiger partial charge in [-0.1, -0.05) is 12.1 Å². The van der Waals surface area contributed by atoms with Crippen LogP contribution in [0.5, 0.6) is 0 Å². The van der Waals surface area contributed by atoms with E-state index in [1.165, 1.54) is 0 Å². The van der Waals surface area contributed by atoms with Crippen LogP contribution in [-0.2, 0) is 0 Å². The molecule has 0 spiro atoms. The number of carbonyl (C=O) groups is 1. The van der Waals surface area contributed by atoms with Gasteiger partial charge in [0.05, 0.1) is 0 Å². The van der Waals surface area contributed by atoms with Crippen molar-refractivity contribution in [3.63, 3.8) is 0 Å². The molecule has 1 aromatic rings. The molecule has 1 aromatic carbocycles. The molecule has 0 aromatic heterocycles. The molecule has 1 unspecified atom stereocenters. The van der Waals surface area contributed by atoms with E-state index in [0.717, 1.165) is 5.69 Å². The van der Waals surface area contributed by atoms with E-state index in [9.17, 15) is 4.79 Å². The molecular formula is C11H14N2O. The van der Waals surface area contributed by atoms with Crippen LogP contribution in [0.15, 0.2) is 36.9 Å². The van der Waals surface area contributed by atoms with Gasteiger partial charge in [-0.3, -0.25) is 4.79 Å². The minimum atomic E-state index is -0.417. The number of nitrogens with two attached hydrogens (primary N) is 1. The second-order valence-corrected chi connectivity index (χ2v) is 3.11. The maximum Gasteiger partial charge on any atom is 0.248 e. The molecule has 3 nitrogen and oxygen atoms in total. The summed E-state index contributed by atoms with van der Waals surface area (Å²) in [5, 5.41) is 3.16. The molecule has 0 fully saturated rings. The zero-order valence-electron chi connectivity index (χ0n) is 8.16. The van der Waals surface area contributed by atoms with E-state index >= 15 is 0 Å². The summed E-state index contributed by atoms with van der Waals surface area (Å²) in [6.07, 6.45) is 1.79. The van der Waals surface area contributed by atoms with Crippen LogP contribution in [-0.4, -0.2) is 11.9 Å². The van der Waals surface area contributed by atoms with E-state index in [1.54, 1.807) is 24.3 Å². The first-order valence-corrected chi connectivity index (χ1v) is 4.42. The zero-order chi connectivity index (χ0) is 10.6. The molecule has 0 aliphatic heterocycles. The first-order valence-electron chi connectivity index (χ1n) is 4.42. The van der Waals surface area contributed by atoms with Crippen molar-refractivity contribution in [1.29, 1.82) is 0 Å². The Labute approximate surface area is 83.6 Å². The van der Waals surface area contributed by atoms with Gasteiger partial charge in [-0.05, 0) is 25.1 Å². The summed E-state index contributed by atoms with van der Waals surface area (Å²) in [6, 6.07) is 7.25. The molecule has 74 valence electrons. The standard InChI is InChI=1S/C11H14N2O/c1-3-8(2)13-10-6-4-5-9(7-10)11(12)14/h3-8,13H,1H2,2H3,(H2,12,14). The summed E-state index contributed by atoms with van der Waals surface area (Å²) >= 11 is 0. The van der Waals surface area contributed by atoms with Crippen LogP contribution in [0.3, 0.4) is 0 Å². The predicted octanol–water partition coefficient (Wildman–Crippen LogP) is 1.77. The predicted molar refractivity (Wildman–Crippen MR) is 58.2 cm³/mol. The minimum Gasteiger partial charge on any atom is -0.379 e. The van der Waals surface area contributed by atoms with E-state index < -0.39 is 5.91 Å². The van der Waals surface area contributed by atoms with Gasteiger partial charge in [-0.2, -0.15) is 0 Å². The second-order valence-electron chi connectivity index (χ2n) is 3.11. The average Bonchev–Trinajstić information content (AvgIpc) is 2.18. The van der Waals surface area contributed by atoms with Crippen molar-refractivity contribution < 1.29 is 4.79 Å². The van der Waals surface area contributed by atoms with Crippen molar-refractivity contribution >= 4 is 11.6 Å². The third kappa shape index (κ3) is 2.62. The Bertz CT molecular complexity index is 347. The van der Waals surface area contributed by atoms with Crippen LogP contribution < -0.4 is 11.1 Å². The zero-order valence-corrected chi connectivity index (χ0v) is 8.16. The molecule has 3 heteroatoms. The van der Waals surface area contributed by atoms with Gasteiger partial charge in [0.25, 0.3) is 0 Å². The number of nitrogens with one attached hydrogen (secondary N) is 1. The van der Waals surface area contributed by atoms with Crippen LogP contribution in [0.25, 0.3) is 0 Å². The molecule has 0 saturated heterocycles. The van der Waals surface area contributed by atoms with Crippen LogP contribution in [0.2, 0.25) is 0 Å². The van der Waals surface area contributed by atoms with Crippen molar-refractivity contribution in [2.45, 2.75) is 13.0 Å². The number of hydrogen-bond acceptors (Lipinski definition) is 2. The number of hydrogen-bond donors (Lipinski definition) is 2. The molecular weight excluding hydrogens is 176 g/mol. The Morgan fingerprint density at radius 3 is 2.93 bits per heavy atom. The van der Waals surface area contributed by atoms with Gasteiger partial charge in [-0.15, -0.1) is 6.58 Å². The minimum absolute atomic E-state index is 0.165. The van der Waals surface area contributed by atoms with Crippen LogP contribution in [0, 0.1) is 0 Å². The molecule has 1 rings (SSSR count). The number of benzene rings is 1. The smallest absolute Gasteiger partial charge is 0.248 e. The Kier molecular flexibility index (Phi) is 3.29. The molecule has 1 amide bonds. The highest BCUT2D eigenvalue weighted by molar-refractivity contribution is 5.93. The highest BCUT2D eigenvalue weighted by Gasteiger charge is 2.01. The normalized spacial score (nSPS) is 11.8. The van der Waals surface area contributed by atoms with Gasteiger partial charge in [0.1, 0.15) is 0 Å². The fourth-order valence-electron chi connectivity index (χ4n) is 1.08. The maximum atomic E-state index is 10.9. The number of rotatable bonds is 4. The Morgan fingerprint density at radius 2 is 2.36 bits per heavy atom. The highest BCUT2D eigenvalue weighted by Crippen LogP contribution is 2.11. The SMILES string of the molecule is C=CC(C)Nc1cccc(C(N)=O)c1. The molecule has 0 bridgehead atoms. The largest absolute Gasteiger partial charge is 0.379 e. The summed E-state index contributed by atoms with van der Waals surface area (Å²) in [5.74, 6) is -0.417. The van der Waals surface area contributed by atoms with Crippen LogP contribution in [0.4, 0.5) is 5.69 Å². The quantitative estimate of drug-likeness (QED) is 0.711. The lowest BCUT2D eigenvalue weighted by atomic mass is 10.2. The van der Waals surface area contributed by atoms with Crippen molar-refractivity contribution in [3.05, 3.63) is 42.5 Å². The van der Waals surface area contributed by atoms with Gasteiger partial charge >= 0.3 is 0 Å². The molecule has 14 heavy (non-hydrogen) atoms. The molecule has 0 aliphatic rings. The summed E-state index contributed by atoms with van der Waals surface area (Å²) in [6.45, 7) is 5.64. The molecule has 1 atom stereocenters. The van der Waals surface area contributed by atoms with Crippen molar-refractivity contribution in [2.75, 3.05) is 5.32 Å². The topological polar surface area (TPSA) is 55.1 Å². The van der Waals surface area contributed by atoms with E-state index in [2.05, 4.69) is 11.9 Å². The Morgan fingerprint density at radius 1 is 1.64 bits per heavy atom. The Balaban J connectivity index is 2.83. The Hall–Kier alpha value is -1.77. The van der Waals surface area contributed by atoms with E-state index in [-0.39, 0.29) is 6.04 Å². The molecule has 0 saturated carbocycles. The fraction of sp³-hybridized carbons (Fsp3) is 0.182. The molecule has 0 aliphatic carbocycles. The lowest BCUT2D eigenvalue weighted by Crippen LogP contribution is -2.14. The van der Waals surface area contributed by atoms with E-state index in [1.807, 2.05) is 13.0 Å². The highest BCUT2D eigenvalue weighted by atomic mass is 16.1. The van der Waals surface area contributed by atoms with Crippen molar-refractivity contribution in [2.24, 2.45) is 5.73 Å². The average molecular weight is 190 g/mol. The van der Waals surface area contributed by atoms with Gasteiger partial charge < -0.3 is 11.1 Å². The molecule has 0 radical (unpaired) electrons. The number of anilines is 1. The number of amides is 1. The van der Waals surface area contributed by atoms with Gasteiger partial charge in [0.2, 0.25) is 5.91 Å². The van der Waals surface area contributed by atoms with Gasteiger partial charge in [0.15, 0.2) is 0 Å². The molecule has 0 heterocycles. The summed E-state index contributed by atoms with van der Waals surface area (Å²) < 4.78 is 0. The number of primary amides is 1.